The Hall–Kier alpha value is -1.51. The van der Waals surface area contributed by atoms with Crippen molar-refractivity contribution in [2.24, 2.45) is 5.92 Å². The van der Waals surface area contributed by atoms with Crippen LogP contribution >= 0.6 is 0 Å². The molecule has 0 fully saturated rings. The topological polar surface area (TPSA) is 38.3 Å². The number of aryl methyl sites for hydroxylation is 1. The summed E-state index contributed by atoms with van der Waals surface area (Å²) in [7, 11) is 1.70. The SMILES string of the molecule is COc1ccccc1CCCCNC(=O)CC(C)C. The number of hydrogen-bond donors (Lipinski definition) is 1. The molecule has 0 aromatic heterocycles. The van der Waals surface area contributed by atoms with E-state index in [1.54, 1.807) is 7.11 Å². The number of rotatable bonds is 8. The molecule has 0 aliphatic heterocycles. The minimum absolute atomic E-state index is 0.160. The molecule has 0 heterocycles. The molecule has 0 aliphatic rings. The van der Waals surface area contributed by atoms with Crippen LogP contribution in [0.3, 0.4) is 0 Å². The van der Waals surface area contributed by atoms with E-state index in [4.69, 9.17) is 4.74 Å². The summed E-state index contributed by atoms with van der Waals surface area (Å²) in [5.41, 5.74) is 1.23. The largest absolute Gasteiger partial charge is 0.496 e. The average molecular weight is 263 g/mol. The summed E-state index contributed by atoms with van der Waals surface area (Å²) >= 11 is 0. The molecule has 3 nitrogen and oxygen atoms in total. The number of amides is 1. The van der Waals surface area contributed by atoms with Crippen LogP contribution in [0.25, 0.3) is 0 Å². The maximum absolute atomic E-state index is 11.5. The van der Waals surface area contributed by atoms with Gasteiger partial charge in [-0.05, 0) is 36.8 Å². The van der Waals surface area contributed by atoms with E-state index in [9.17, 15) is 4.79 Å². The number of methoxy groups -OCH3 is 1. The van der Waals surface area contributed by atoms with Crippen molar-refractivity contribution in [1.29, 1.82) is 0 Å². The first-order valence-corrected chi connectivity index (χ1v) is 7.02. The normalized spacial score (nSPS) is 10.5. The molecule has 0 radical (unpaired) electrons. The molecule has 0 unspecified atom stereocenters. The molecule has 0 atom stereocenters. The van der Waals surface area contributed by atoms with Gasteiger partial charge in [-0.15, -0.1) is 0 Å². The lowest BCUT2D eigenvalue weighted by Gasteiger charge is -2.09. The van der Waals surface area contributed by atoms with Crippen molar-refractivity contribution in [3.05, 3.63) is 29.8 Å². The first-order valence-electron chi connectivity index (χ1n) is 7.02. The van der Waals surface area contributed by atoms with Crippen molar-refractivity contribution >= 4 is 5.91 Å². The quantitative estimate of drug-likeness (QED) is 0.732. The zero-order valence-corrected chi connectivity index (χ0v) is 12.2. The molecule has 0 aliphatic carbocycles. The molecule has 106 valence electrons. The summed E-state index contributed by atoms with van der Waals surface area (Å²) in [5, 5.41) is 2.96. The van der Waals surface area contributed by atoms with E-state index in [0.717, 1.165) is 31.6 Å². The summed E-state index contributed by atoms with van der Waals surface area (Å²) in [5.74, 6) is 1.53. The van der Waals surface area contributed by atoms with E-state index >= 15 is 0 Å². The number of hydrogen-bond acceptors (Lipinski definition) is 2. The van der Waals surface area contributed by atoms with Crippen LogP contribution in [0.1, 0.15) is 38.7 Å². The highest BCUT2D eigenvalue weighted by molar-refractivity contribution is 5.75. The molecule has 0 saturated heterocycles. The summed E-state index contributed by atoms with van der Waals surface area (Å²) in [6.07, 6.45) is 3.67. The van der Waals surface area contributed by atoms with Gasteiger partial charge in [-0.25, -0.2) is 0 Å². The zero-order chi connectivity index (χ0) is 14.1. The smallest absolute Gasteiger partial charge is 0.220 e. The fourth-order valence-corrected chi connectivity index (χ4v) is 2.02. The zero-order valence-electron chi connectivity index (χ0n) is 12.2. The van der Waals surface area contributed by atoms with Gasteiger partial charge in [0.05, 0.1) is 7.11 Å². The number of carbonyl (C=O) groups is 1. The molecule has 3 heteroatoms. The highest BCUT2D eigenvalue weighted by Gasteiger charge is 2.04. The van der Waals surface area contributed by atoms with Gasteiger partial charge in [0.1, 0.15) is 5.75 Å². The predicted molar refractivity (Wildman–Crippen MR) is 78.4 cm³/mol. The number of benzene rings is 1. The molecule has 1 aromatic rings. The number of nitrogens with one attached hydrogen (secondary N) is 1. The highest BCUT2D eigenvalue weighted by atomic mass is 16.5. The van der Waals surface area contributed by atoms with Gasteiger partial charge in [-0.1, -0.05) is 32.0 Å². The Bertz CT molecular complexity index is 388. The van der Waals surface area contributed by atoms with Crippen molar-refractivity contribution in [2.75, 3.05) is 13.7 Å². The van der Waals surface area contributed by atoms with Crippen molar-refractivity contribution in [2.45, 2.75) is 39.5 Å². The lowest BCUT2D eigenvalue weighted by molar-refractivity contribution is -0.121. The predicted octanol–water partition coefficient (Wildman–Crippen LogP) is 3.18. The Kier molecular flexibility index (Phi) is 7.01. The second-order valence-electron chi connectivity index (χ2n) is 5.22. The first kappa shape index (κ1) is 15.5. The van der Waals surface area contributed by atoms with Crippen LogP contribution in [0.15, 0.2) is 24.3 Å². The summed E-state index contributed by atoms with van der Waals surface area (Å²) in [6, 6.07) is 8.09. The van der Waals surface area contributed by atoms with Gasteiger partial charge in [-0.3, -0.25) is 4.79 Å². The maximum Gasteiger partial charge on any atom is 0.220 e. The van der Waals surface area contributed by atoms with Crippen molar-refractivity contribution in [1.82, 2.24) is 5.32 Å². The van der Waals surface area contributed by atoms with E-state index in [2.05, 4.69) is 25.2 Å². The van der Waals surface area contributed by atoms with E-state index in [1.807, 2.05) is 18.2 Å². The Labute approximate surface area is 116 Å². The van der Waals surface area contributed by atoms with Crippen LogP contribution in [0, 0.1) is 5.92 Å². The lowest BCUT2D eigenvalue weighted by Crippen LogP contribution is -2.25. The standard InChI is InChI=1S/C16H25NO2/c1-13(2)12-16(18)17-11-7-6-9-14-8-4-5-10-15(14)19-3/h4-5,8,10,13H,6-7,9,11-12H2,1-3H3,(H,17,18). The molecule has 1 amide bonds. The average Bonchev–Trinajstić information content (AvgIpc) is 2.38. The molecule has 1 rings (SSSR count). The molecule has 0 spiro atoms. The summed E-state index contributed by atoms with van der Waals surface area (Å²) in [4.78, 5) is 11.5. The Morgan fingerprint density at radius 3 is 2.68 bits per heavy atom. The molecular weight excluding hydrogens is 238 g/mol. The first-order chi connectivity index (χ1) is 9.13. The van der Waals surface area contributed by atoms with Gasteiger partial charge in [0.25, 0.3) is 0 Å². The second-order valence-corrected chi connectivity index (χ2v) is 5.22. The number of para-hydroxylation sites is 1. The number of unbranched alkanes of at least 4 members (excludes halogenated alkanes) is 1. The minimum atomic E-state index is 0.160. The van der Waals surface area contributed by atoms with Crippen LogP contribution < -0.4 is 10.1 Å². The van der Waals surface area contributed by atoms with Gasteiger partial charge in [0.15, 0.2) is 0 Å². The third-order valence-corrected chi connectivity index (χ3v) is 2.98. The lowest BCUT2D eigenvalue weighted by atomic mass is 10.1. The van der Waals surface area contributed by atoms with Crippen molar-refractivity contribution in [3.63, 3.8) is 0 Å². The van der Waals surface area contributed by atoms with E-state index in [1.165, 1.54) is 5.56 Å². The van der Waals surface area contributed by atoms with E-state index in [-0.39, 0.29) is 5.91 Å². The number of carbonyl (C=O) groups excluding carboxylic acids is 1. The Morgan fingerprint density at radius 1 is 1.26 bits per heavy atom. The van der Waals surface area contributed by atoms with E-state index < -0.39 is 0 Å². The second kappa shape index (κ2) is 8.57. The Morgan fingerprint density at radius 2 is 2.00 bits per heavy atom. The molecule has 1 aromatic carbocycles. The van der Waals surface area contributed by atoms with Crippen molar-refractivity contribution in [3.8, 4) is 5.75 Å². The molecule has 1 N–H and O–H groups in total. The third kappa shape index (κ3) is 6.27. The molecule has 0 bridgehead atoms. The summed E-state index contributed by atoms with van der Waals surface area (Å²) < 4.78 is 5.31. The summed E-state index contributed by atoms with van der Waals surface area (Å²) in [6.45, 7) is 4.88. The van der Waals surface area contributed by atoms with E-state index in [0.29, 0.717) is 12.3 Å². The third-order valence-electron chi connectivity index (χ3n) is 2.98. The van der Waals surface area contributed by atoms with Crippen LogP contribution in [-0.4, -0.2) is 19.6 Å². The molecular formula is C16H25NO2. The van der Waals surface area contributed by atoms with Crippen LogP contribution in [-0.2, 0) is 11.2 Å². The van der Waals surface area contributed by atoms with Gasteiger partial charge in [-0.2, -0.15) is 0 Å². The van der Waals surface area contributed by atoms with Gasteiger partial charge >= 0.3 is 0 Å². The Balaban J connectivity index is 2.19. The highest BCUT2D eigenvalue weighted by Crippen LogP contribution is 2.19. The fourth-order valence-electron chi connectivity index (χ4n) is 2.02. The monoisotopic (exact) mass is 263 g/mol. The van der Waals surface area contributed by atoms with Gasteiger partial charge in [0, 0.05) is 13.0 Å². The maximum atomic E-state index is 11.5. The molecule has 19 heavy (non-hydrogen) atoms. The van der Waals surface area contributed by atoms with Gasteiger partial charge in [0.2, 0.25) is 5.91 Å². The van der Waals surface area contributed by atoms with Crippen LogP contribution in [0.4, 0.5) is 0 Å². The van der Waals surface area contributed by atoms with Crippen LogP contribution in [0.2, 0.25) is 0 Å². The minimum Gasteiger partial charge on any atom is -0.496 e. The molecule has 0 saturated carbocycles. The van der Waals surface area contributed by atoms with Crippen molar-refractivity contribution < 1.29 is 9.53 Å². The fraction of sp³-hybridized carbons (Fsp3) is 0.562. The van der Waals surface area contributed by atoms with Gasteiger partial charge < -0.3 is 10.1 Å². The van der Waals surface area contributed by atoms with Crippen LogP contribution in [0.5, 0.6) is 5.75 Å². The number of ether oxygens (including phenoxy) is 1.